The number of hydrogen-bond donors (Lipinski definition) is 0. The van der Waals surface area contributed by atoms with Gasteiger partial charge in [0.1, 0.15) is 0 Å². The van der Waals surface area contributed by atoms with Gasteiger partial charge in [0.2, 0.25) is 0 Å². The zero-order valence-electron chi connectivity index (χ0n) is 9.92. The minimum atomic E-state index is -6.60. The maximum absolute atomic E-state index is 13.4. The van der Waals surface area contributed by atoms with Crippen molar-refractivity contribution in [2.45, 2.75) is 15.6 Å². The monoisotopic (exact) mass is 472 g/mol. The molecule has 0 aliphatic carbocycles. The first kappa shape index (κ1) is 19.3. The molecule has 0 saturated heterocycles. The van der Waals surface area contributed by atoms with Crippen LogP contribution >= 0.6 is 20.2 Å². The van der Waals surface area contributed by atoms with Crippen LogP contribution in [-0.2, 0) is 12.6 Å². The number of rotatable bonds is 4. The summed E-state index contributed by atoms with van der Waals surface area (Å²) in [6.07, 6.45) is -6.26. The molecule has 0 N–H and O–H groups in total. The van der Waals surface area contributed by atoms with Crippen LogP contribution in [0, 0.1) is 3.57 Å². The molecular weight excluding hydrogens is 467 g/mol. The van der Waals surface area contributed by atoms with Gasteiger partial charge in [-0.25, -0.2) is 0 Å². The molecule has 0 heterocycles. The minimum absolute atomic E-state index is 0.649. The van der Waals surface area contributed by atoms with E-state index in [-0.39, 0.29) is 0 Å². The van der Waals surface area contributed by atoms with Gasteiger partial charge in [0, 0.05) is 0 Å². The van der Waals surface area contributed by atoms with E-state index in [1.807, 2.05) is 0 Å². The Balaban J connectivity index is 3.39. The van der Waals surface area contributed by atoms with E-state index >= 15 is 0 Å². The summed E-state index contributed by atoms with van der Waals surface area (Å²) in [4.78, 5) is 0. The second-order valence-corrected chi connectivity index (χ2v) is 10.1. The van der Waals surface area contributed by atoms with Gasteiger partial charge in [0.15, 0.2) is 0 Å². The molecule has 0 aromatic heterocycles. The summed E-state index contributed by atoms with van der Waals surface area (Å²) in [5.41, 5.74) is -6.11. The quantitative estimate of drug-likeness (QED) is 0.284. The molecule has 1 rings (SSSR count). The van der Waals surface area contributed by atoms with Crippen molar-refractivity contribution in [1.82, 2.24) is 0 Å². The van der Waals surface area contributed by atoms with Crippen LogP contribution in [0.4, 0.5) is 35.1 Å². The van der Waals surface area contributed by atoms with Gasteiger partial charge in [0.25, 0.3) is 0 Å². The van der Waals surface area contributed by atoms with Crippen LogP contribution in [0.1, 0.15) is 0 Å². The van der Waals surface area contributed by atoms with Crippen LogP contribution in [0.2, 0.25) is 0 Å². The molecule has 0 atom stereocenters. The summed E-state index contributed by atoms with van der Waals surface area (Å²) in [5.74, 6) is 0. The van der Waals surface area contributed by atoms with Gasteiger partial charge in [-0.05, 0) is 0 Å². The first-order chi connectivity index (χ1) is 9.70. The van der Waals surface area contributed by atoms with Crippen molar-refractivity contribution in [3.05, 3.63) is 33.9 Å². The van der Waals surface area contributed by atoms with Crippen LogP contribution in [0.3, 0.4) is 0 Å². The number of halogens is 9. The van der Waals surface area contributed by atoms with Crippen molar-refractivity contribution in [2.75, 3.05) is 0 Å². The van der Waals surface area contributed by atoms with Gasteiger partial charge in [-0.3, -0.25) is 0 Å². The number of alkyl halides is 9. The Kier molecular flexibility index (Phi) is 5.34. The fourth-order valence-corrected chi connectivity index (χ4v) is 7.09. The van der Waals surface area contributed by atoms with Crippen molar-refractivity contribution >= 4 is 30.4 Å². The van der Waals surface area contributed by atoms with E-state index in [9.17, 15) is 43.5 Å². The van der Waals surface area contributed by atoms with Crippen molar-refractivity contribution in [2.24, 2.45) is 0 Å². The third-order valence-corrected chi connectivity index (χ3v) is 8.95. The van der Waals surface area contributed by atoms with Crippen molar-refractivity contribution < 1.29 is 46.1 Å². The molecule has 128 valence electrons. The van der Waals surface area contributed by atoms with Gasteiger partial charge in [-0.15, -0.1) is 0 Å². The van der Waals surface area contributed by atoms with Crippen LogP contribution in [-0.4, -0.2) is 24.0 Å². The van der Waals surface area contributed by atoms with Gasteiger partial charge >= 0.3 is 126 Å². The first-order valence-electron chi connectivity index (χ1n) is 4.91. The van der Waals surface area contributed by atoms with E-state index in [0.29, 0.717) is 12.1 Å². The molecule has 1 aromatic carbocycles. The molecule has 22 heavy (non-hydrogen) atoms. The van der Waals surface area contributed by atoms with Crippen LogP contribution < -0.4 is 0 Å². The third-order valence-electron chi connectivity index (χ3n) is 1.90. The Morgan fingerprint density at radius 1 is 0.864 bits per heavy atom. The maximum atomic E-state index is 13.4. The average Bonchev–Trinajstić information content (AvgIpc) is 2.34. The average molecular weight is 472 g/mol. The second kappa shape index (κ2) is 6.07. The molecule has 0 fully saturated rings. The Hall–Kier alpha value is -0.700. The predicted octanol–water partition coefficient (Wildman–Crippen LogP) is 4.30. The Labute approximate surface area is 126 Å². The molecular formula is C9H5F8IO3S. The summed E-state index contributed by atoms with van der Waals surface area (Å²) < 4.78 is 119. The number of hydrogen-bond acceptors (Lipinski definition) is 3. The molecule has 0 amide bonds. The van der Waals surface area contributed by atoms with Crippen molar-refractivity contribution in [3.63, 3.8) is 0 Å². The molecule has 1 aromatic rings. The standard InChI is InChI=1S/C9H5F8IO3S/c10-7(11,12)8(13,14)18(6-4-2-1-3-5-6)21-22(19,20)9(15,16)17/h1-5H. The molecule has 0 aliphatic rings. The molecule has 0 bridgehead atoms. The van der Waals surface area contributed by atoms with Crippen LogP contribution in [0.15, 0.2) is 30.3 Å². The summed E-state index contributed by atoms with van der Waals surface area (Å²) in [6, 6.07) is 4.43. The zero-order valence-corrected chi connectivity index (χ0v) is 12.9. The van der Waals surface area contributed by atoms with E-state index in [1.165, 1.54) is 6.07 Å². The molecule has 13 heteroatoms. The second-order valence-electron chi connectivity index (χ2n) is 3.50. The fraction of sp³-hybridized carbons (Fsp3) is 0.333. The predicted molar refractivity (Wildman–Crippen MR) is 66.2 cm³/mol. The first-order valence-corrected chi connectivity index (χ1v) is 9.36. The summed E-state index contributed by atoms with van der Waals surface area (Å²) in [6.45, 7) is 0. The van der Waals surface area contributed by atoms with Gasteiger partial charge in [0.05, 0.1) is 0 Å². The summed E-state index contributed by atoms with van der Waals surface area (Å²) in [7, 11) is -6.60. The SMILES string of the molecule is O=S(=O)(OI(c1ccccc1)C(F)(F)C(F)(F)F)C(F)(F)F. The van der Waals surface area contributed by atoms with Crippen LogP contribution in [0.5, 0.6) is 0 Å². The van der Waals surface area contributed by atoms with E-state index in [0.717, 1.165) is 12.1 Å². The molecule has 3 nitrogen and oxygen atoms in total. The van der Waals surface area contributed by atoms with Crippen molar-refractivity contribution in [3.8, 4) is 0 Å². The molecule has 0 saturated carbocycles. The Morgan fingerprint density at radius 3 is 1.68 bits per heavy atom. The van der Waals surface area contributed by atoms with Crippen molar-refractivity contribution in [1.29, 1.82) is 0 Å². The van der Waals surface area contributed by atoms with E-state index in [2.05, 4.69) is 2.51 Å². The Bertz CT molecular complexity index is 610. The van der Waals surface area contributed by atoms with Gasteiger partial charge in [-0.2, -0.15) is 0 Å². The third kappa shape index (κ3) is 3.98. The fourth-order valence-electron chi connectivity index (χ4n) is 0.958. The molecule has 0 spiro atoms. The van der Waals surface area contributed by atoms with Crippen LogP contribution in [0.25, 0.3) is 0 Å². The normalized spacial score (nSPS) is 14.8. The summed E-state index contributed by atoms with van der Waals surface area (Å²) >= 11 is -5.64. The number of benzene rings is 1. The van der Waals surface area contributed by atoms with Gasteiger partial charge in [-0.1, -0.05) is 0 Å². The Morgan fingerprint density at radius 2 is 1.32 bits per heavy atom. The topological polar surface area (TPSA) is 43.4 Å². The molecule has 0 aliphatic heterocycles. The molecule has 0 radical (unpaired) electrons. The van der Waals surface area contributed by atoms with E-state index < -0.39 is 49.5 Å². The zero-order chi connectivity index (χ0) is 17.4. The van der Waals surface area contributed by atoms with Gasteiger partial charge < -0.3 is 0 Å². The van der Waals surface area contributed by atoms with E-state index in [1.54, 1.807) is 0 Å². The molecule has 0 unspecified atom stereocenters. The van der Waals surface area contributed by atoms with E-state index in [4.69, 9.17) is 0 Å². The summed E-state index contributed by atoms with van der Waals surface area (Å²) in [5, 5.41) is 0.